The summed E-state index contributed by atoms with van der Waals surface area (Å²) in [6, 6.07) is 10.4. The van der Waals surface area contributed by atoms with E-state index in [1.54, 1.807) is 0 Å². The number of benzene rings is 1. The van der Waals surface area contributed by atoms with Crippen molar-refractivity contribution >= 4 is 10.5 Å². The molecule has 0 amide bonds. The highest BCUT2D eigenvalue weighted by Gasteiger charge is 2.26. The van der Waals surface area contributed by atoms with Gasteiger partial charge in [0.2, 0.25) is 0 Å². The minimum Gasteiger partial charge on any atom is -0.421 e. The largest absolute Gasteiger partial charge is 0.421 e. The maximum atomic E-state index is 5.82. The lowest BCUT2D eigenvalue weighted by Gasteiger charge is -2.31. The Kier molecular flexibility index (Phi) is 5.22. The molecule has 0 aliphatic carbocycles. The van der Waals surface area contributed by atoms with E-state index in [9.17, 15) is 0 Å². The normalized spacial score (nSPS) is 11.2. The van der Waals surface area contributed by atoms with Gasteiger partial charge < -0.3 is 4.43 Å². The van der Waals surface area contributed by atoms with Crippen molar-refractivity contribution in [1.29, 1.82) is 0 Å². The summed E-state index contributed by atoms with van der Waals surface area (Å²) < 4.78 is 5.82. The van der Waals surface area contributed by atoms with Crippen LogP contribution in [0.4, 0.5) is 0 Å². The van der Waals surface area contributed by atoms with Crippen molar-refractivity contribution in [3.05, 3.63) is 61.2 Å². The summed E-state index contributed by atoms with van der Waals surface area (Å²) in [5.41, 5.74) is 1.18. The van der Waals surface area contributed by atoms with E-state index in [2.05, 4.69) is 37.4 Å². The first kappa shape index (κ1) is 12.9. The molecule has 1 aromatic carbocycles. The molecule has 0 fully saturated rings. The molecule has 0 bridgehead atoms. The van der Waals surface area contributed by atoms with Gasteiger partial charge in [0.15, 0.2) is 0 Å². The zero-order chi connectivity index (χ0) is 11.9. The van der Waals surface area contributed by atoms with Crippen molar-refractivity contribution in [2.24, 2.45) is 0 Å². The second-order valence-corrected chi connectivity index (χ2v) is 4.44. The zero-order valence-corrected chi connectivity index (χ0v) is 12.0. The quantitative estimate of drug-likeness (QED) is 0.518. The van der Waals surface area contributed by atoms with Crippen LogP contribution in [-0.2, 0) is 10.8 Å². The molecule has 0 atom stereocenters. The predicted molar refractivity (Wildman–Crippen MR) is 73.5 cm³/mol. The van der Waals surface area contributed by atoms with Gasteiger partial charge >= 0.3 is 0 Å². The van der Waals surface area contributed by atoms with Crippen molar-refractivity contribution in [3.8, 4) is 0 Å². The average Bonchev–Trinajstić information content (AvgIpc) is 2.31. The molecule has 0 N–H and O–H groups in total. The molecule has 0 aliphatic rings. The number of hydrogen-bond donors (Lipinski definition) is 0. The van der Waals surface area contributed by atoms with Gasteiger partial charge in [-0.2, -0.15) is 0 Å². The van der Waals surface area contributed by atoms with E-state index in [1.807, 2.05) is 18.2 Å². The SMILES string of the molecule is C=CCC(CC=C)(Cc1ccccc1)O[SiH3]. The van der Waals surface area contributed by atoms with E-state index in [0.29, 0.717) is 0 Å². The molecule has 1 rings (SSSR count). The topological polar surface area (TPSA) is 9.23 Å². The molecule has 86 valence electrons. The third kappa shape index (κ3) is 3.47. The van der Waals surface area contributed by atoms with E-state index in [-0.39, 0.29) is 5.60 Å². The third-order valence-corrected chi connectivity index (χ3v) is 3.70. The maximum absolute atomic E-state index is 5.82. The molecule has 0 spiro atoms. The molecule has 1 nitrogen and oxygen atoms in total. The van der Waals surface area contributed by atoms with E-state index in [0.717, 1.165) is 29.7 Å². The molecule has 0 aromatic heterocycles. The van der Waals surface area contributed by atoms with Crippen molar-refractivity contribution in [2.45, 2.75) is 24.9 Å². The summed E-state index contributed by atoms with van der Waals surface area (Å²) in [5, 5.41) is 0. The van der Waals surface area contributed by atoms with Gasteiger partial charge in [-0.25, -0.2) is 0 Å². The third-order valence-electron chi connectivity index (χ3n) is 2.83. The van der Waals surface area contributed by atoms with Crippen LogP contribution < -0.4 is 0 Å². The molecule has 0 unspecified atom stereocenters. The van der Waals surface area contributed by atoms with E-state index in [1.165, 1.54) is 5.56 Å². The summed E-state index contributed by atoms with van der Waals surface area (Å²) >= 11 is 0. The Morgan fingerprint density at radius 3 is 2.12 bits per heavy atom. The van der Waals surface area contributed by atoms with Crippen LogP contribution in [0.15, 0.2) is 55.6 Å². The van der Waals surface area contributed by atoms with Gasteiger partial charge in [-0.3, -0.25) is 0 Å². The van der Waals surface area contributed by atoms with E-state index in [4.69, 9.17) is 4.43 Å². The lowest BCUT2D eigenvalue weighted by molar-refractivity contribution is 0.0869. The van der Waals surface area contributed by atoms with Gasteiger partial charge in [0, 0.05) is 6.42 Å². The lowest BCUT2D eigenvalue weighted by Crippen LogP contribution is -2.33. The Labute approximate surface area is 101 Å². The van der Waals surface area contributed by atoms with Gasteiger partial charge in [0.05, 0.1) is 5.60 Å². The van der Waals surface area contributed by atoms with Gasteiger partial charge in [0.1, 0.15) is 10.5 Å². The zero-order valence-electron chi connectivity index (χ0n) is 9.99. The minimum atomic E-state index is -0.128. The maximum Gasteiger partial charge on any atom is 0.146 e. The smallest absolute Gasteiger partial charge is 0.146 e. The van der Waals surface area contributed by atoms with Crippen molar-refractivity contribution in [3.63, 3.8) is 0 Å². The highest BCUT2D eigenvalue weighted by Crippen LogP contribution is 2.25. The molecule has 16 heavy (non-hydrogen) atoms. The van der Waals surface area contributed by atoms with Gasteiger partial charge in [-0.05, 0) is 18.4 Å². The first-order valence-electron chi connectivity index (χ1n) is 5.57. The van der Waals surface area contributed by atoms with Crippen LogP contribution in [0.2, 0.25) is 0 Å². The first-order chi connectivity index (χ1) is 7.76. The second-order valence-electron chi connectivity index (χ2n) is 4.04. The summed E-state index contributed by atoms with van der Waals surface area (Å²) in [5.74, 6) is 0. The molecule has 0 radical (unpaired) electrons. The van der Waals surface area contributed by atoms with Crippen LogP contribution in [0.1, 0.15) is 18.4 Å². The van der Waals surface area contributed by atoms with Crippen LogP contribution in [0.3, 0.4) is 0 Å². The van der Waals surface area contributed by atoms with E-state index < -0.39 is 0 Å². The van der Waals surface area contributed by atoms with Crippen molar-refractivity contribution < 1.29 is 4.43 Å². The Morgan fingerprint density at radius 1 is 1.12 bits per heavy atom. The first-order valence-corrected chi connectivity index (χ1v) is 6.39. The second kappa shape index (κ2) is 6.46. The highest BCUT2D eigenvalue weighted by molar-refractivity contribution is 5.98. The molecule has 0 saturated heterocycles. The molecule has 1 aromatic rings. The standard InChI is InChI=1S/C14H20OSi/c1-3-10-14(15-16,11-4-2)12-13-8-6-5-7-9-13/h3-9H,1-2,10-12H2,16H3. The van der Waals surface area contributed by atoms with Gasteiger partial charge in [-0.15, -0.1) is 13.2 Å². The average molecular weight is 232 g/mol. The molecule has 0 heterocycles. The number of hydrogen-bond acceptors (Lipinski definition) is 1. The summed E-state index contributed by atoms with van der Waals surface area (Å²) in [6.07, 6.45) is 6.54. The monoisotopic (exact) mass is 232 g/mol. The Hall–Kier alpha value is -1.12. The lowest BCUT2D eigenvalue weighted by atomic mass is 9.88. The molecule has 0 aliphatic heterocycles. The molecular weight excluding hydrogens is 212 g/mol. The Bertz CT molecular complexity index is 322. The molecular formula is C14H20OSi. The fraction of sp³-hybridized carbons (Fsp3) is 0.286. The van der Waals surface area contributed by atoms with Crippen LogP contribution in [0, 0.1) is 0 Å². The van der Waals surface area contributed by atoms with Crippen LogP contribution >= 0.6 is 0 Å². The Balaban J connectivity index is 2.84. The predicted octanol–water partition coefficient (Wildman–Crippen LogP) is 2.42. The van der Waals surface area contributed by atoms with Gasteiger partial charge in [0.25, 0.3) is 0 Å². The molecule has 0 saturated carbocycles. The van der Waals surface area contributed by atoms with E-state index >= 15 is 0 Å². The minimum absolute atomic E-state index is 0.128. The molecule has 2 heteroatoms. The van der Waals surface area contributed by atoms with Gasteiger partial charge in [-0.1, -0.05) is 42.5 Å². The fourth-order valence-corrected chi connectivity index (χ4v) is 2.44. The van der Waals surface area contributed by atoms with Crippen LogP contribution in [0.5, 0.6) is 0 Å². The van der Waals surface area contributed by atoms with Crippen molar-refractivity contribution in [2.75, 3.05) is 0 Å². The number of rotatable bonds is 7. The summed E-state index contributed by atoms with van der Waals surface area (Å²) in [6.45, 7) is 7.64. The Morgan fingerprint density at radius 2 is 1.69 bits per heavy atom. The van der Waals surface area contributed by atoms with Crippen LogP contribution in [0.25, 0.3) is 0 Å². The van der Waals surface area contributed by atoms with Crippen LogP contribution in [-0.4, -0.2) is 16.1 Å². The summed E-state index contributed by atoms with van der Waals surface area (Å²) in [7, 11) is 0.740. The van der Waals surface area contributed by atoms with Crippen molar-refractivity contribution in [1.82, 2.24) is 0 Å². The fourth-order valence-electron chi connectivity index (χ4n) is 1.96. The summed E-state index contributed by atoms with van der Waals surface area (Å²) in [4.78, 5) is 0. The highest BCUT2D eigenvalue weighted by atomic mass is 28.2.